The molecule has 1 aliphatic rings. The second-order valence-electron chi connectivity index (χ2n) is 7.75. The summed E-state index contributed by atoms with van der Waals surface area (Å²) in [6.45, 7) is 2.88. The summed E-state index contributed by atoms with van der Waals surface area (Å²) in [4.78, 5) is 24.6. The number of aliphatic hydroxyl groups is 1. The summed E-state index contributed by atoms with van der Waals surface area (Å²) >= 11 is 0. The van der Waals surface area contributed by atoms with E-state index >= 15 is 0 Å². The smallest absolute Gasteiger partial charge is 0.302 e. The summed E-state index contributed by atoms with van der Waals surface area (Å²) in [5.41, 5.74) is -0.510. The maximum Gasteiger partial charge on any atom is 0.302 e. The van der Waals surface area contributed by atoms with Crippen LogP contribution in [0.2, 0.25) is 0 Å². The van der Waals surface area contributed by atoms with E-state index < -0.39 is 41.7 Å². The van der Waals surface area contributed by atoms with Crippen molar-refractivity contribution < 1.29 is 43.8 Å². The molecule has 4 atom stereocenters. The van der Waals surface area contributed by atoms with Crippen LogP contribution in [0.1, 0.15) is 20.3 Å². The van der Waals surface area contributed by atoms with E-state index in [1.807, 2.05) is 0 Å². The quantitative estimate of drug-likeness (QED) is 0.428. The third-order valence-corrected chi connectivity index (χ3v) is 5.26. The highest BCUT2D eigenvalue weighted by Gasteiger charge is 2.39. The second-order valence-corrected chi connectivity index (χ2v) is 7.75. The van der Waals surface area contributed by atoms with E-state index in [4.69, 9.17) is 18.6 Å². The Morgan fingerprint density at radius 2 is 1.79 bits per heavy atom. The number of phenols is 3. The molecule has 10 nitrogen and oxygen atoms in total. The average molecular weight is 458 g/mol. The lowest BCUT2D eigenvalue weighted by atomic mass is 10.0. The first-order valence-corrected chi connectivity index (χ1v) is 10.1. The molecule has 2 unspecified atom stereocenters. The molecule has 4 N–H and O–H groups in total. The van der Waals surface area contributed by atoms with Gasteiger partial charge < -0.3 is 39.1 Å². The second kappa shape index (κ2) is 8.64. The molecule has 0 amide bonds. The van der Waals surface area contributed by atoms with Crippen LogP contribution in [0.5, 0.6) is 23.0 Å². The van der Waals surface area contributed by atoms with E-state index in [9.17, 15) is 30.0 Å². The zero-order valence-electron chi connectivity index (χ0n) is 17.7. The van der Waals surface area contributed by atoms with Crippen LogP contribution in [0.15, 0.2) is 45.6 Å². The van der Waals surface area contributed by atoms with E-state index in [2.05, 4.69) is 0 Å². The Hall–Kier alpha value is -3.76. The van der Waals surface area contributed by atoms with Gasteiger partial charge in [0, 0.05) is 31.0 Å². The van der Waals surface area contributed by atoms with E-state index in [0.29, 0.717) is 5.56 Å². The fraction of sp³-hybridized carbons (Fsp3) is 0.304. The van der Waals surface area contributed by atoms with Crippen molar-refractivity contribution in [3.05, 3.63) is 46.6 Å². The first-order chi connectivity index (χ1) is 15.6. The van der Waals surface area contributed by atoms with Crippen molar-refractivity contribution in [2.45, 2.75) is 44.9 Å². The van der Waals surface area contributed by atoms with E-state index in [0.717, 1.165) is 6.07 Å². The Balaban J connectivity index is 1.80. The minimum atomic E-state index is -1.30. The van der Waals surface area contributed by atoms with Crippen molar-refractivity contribution in [3.8, 4) is 34.3 Å². The normalized spacial score (nSPS) is 22.8. The number of hydrogen-bond donors (Lipinski definition) is 4. The van der Waals surface area contributed by atoms with E-state index in [1.165, 1.54) is 37.3 Å². The topological polar surface area (TPSA) is 156 Å². The number of aromatic hydroxyl groups is 3. The van der Waals surface area contributed by atoms with Gasteiger partial charge in [-0.05, 0) is 31.2 Å². The average Bonchev–Trinajstić information content (AvgIpc) is 2.73. The standard InChI is InChI=1S/C23H22O10/c1-10-17(31-11(2)24)9-16(28)23(30-10)33-22-20(29)19-15(27)7-14(26)8-18(19)32-21(22)12-3-5-13(25)6-4-12/h3-8,10,16-17,23,25-28H,9H2,1-2H3/t10-,16+,17?,23?/m0/s1. The number of fused-ring (bicyclic) bond motifs is 1. The van der Waals surface area contributed by atoms with Crippen LogP contribution < -0.4 is 10.2 Å². The summed E-state index contributed by atoms with van der Waals surface area (Å²) in [5, 5.41) is 39.9. The Kier molecular flexibility index (Phi) is 5.88. The molecule has 33 heavy (non-hydrogen) atoms. The van der Waals surface area contributed by atoms with Gasteiger partial charge in [0.05, 0.1) is 6.10 Å². The third kappa shape index (κ3) is 4.43. The molecule has 4 rings (SSSR count). The number of carbonyl (C=O) groups is 1. The molecule has 2 heterocycles. The number of hydrogen-bond acceptors (Lipinski definition) is 10. The third-order valence-electron chi connectivity index (χ3n) is 5.26. The van der Waals surface area contributed by atoms with Crippen LogP contribution in [0, 0.1) is 0 Å². The van der Waals surface area contributed by atoms with Gasteiger partial charge in [0.1, 0.15) is 40.4 Å². The molecule has 1 fully saturated rings. The summed E-state index contributed by atoms with van der Waals surface area (Å²) in [6.07, 6.45) is -3.88. The van der Waals surface area contributed by atoms with Gasteiger partial charge >= 0.3 is 5.97 Å². The van der Waals surface area contributed by atoms with Crippen LogP contribution >= 0.6 is 0 Å². The predicted molar refractivity (Wildman–Crippen MR) is 114 cm³/mol. The van der Waals surface area contributed by atoms with Crippen LogP contribution in [0.25, 0.3) is 22.3 Å². The van der Waals surface area contributed by atoms with Crippen molar-refractivity contribution in [1.82, 2.24) is 0 Å². The molecule has 1 aliphatic heterocycles. The van der Waals surface area contributed by atoms with Crippen molar-refractivity contribution in [1.29, 1.82) is 0 Å². The molecule has 0 radical (unpaired) electrons. The fourth-order valence-electron chi connectivity index (χ4n) is 3.69. The maximum atomic E-state index is 13.3. The Morgan fingerprint density at radius 3 is 2.45 bits per heavy atom. The molecule has 1 saturated heterocycles. The first kappa shape index (κ1) is 22.4. The lowest BCUT2D eigenvalue weighted by Gasteiger charge is -2.37. The summed E-state index contributed by atoms with van der Waals surface area (Å²) in [7, 11) is 0. The molecular formula is C23H22O10. The Morgan fingerprint density at radius 1 is 1.09 bits per heavy atom. The molecule has 10 heteroatoms. The van der Waals surface area contributed by atoms with Gasteiger partial charge in [0.25, 0.3) is 0 Å². The molecule has 0 bridgehead atoms. The monoisotopic (exact) mass is 458 g/mol. The largest absolute Gasteiger partial charge is 0.508 e. The van der Waals surface area contributed by atoms with Crippen LogP contribution in [0.3, 0.4) is 0 Å². The lowest BCUT2D eigenvalue weighted by Crippen LogP contribution is -2.50. The van der Waals surface area contributed by atoms with Gasteiger partial charge in [-0.2, -0.15) is 0 Å². The fourth-order valence-corrected chi connectivity index (χ4v) is 3.69. The first-order valence-electron chi connectivity index (χ1n) is 10.1. The van der Waals surface area contributed by atoms with Crippen molar-refractivity contribution in [2.75, 3.05) is 0 Å². The zero-order valence-corrected chi connectivity index (χ0v) is 17.7. The predicted octanol–water partition coefficient (Wildman–Crippen LogP) is 2.38. The molecule has 0 aliphatic carbocycles. The van der Waals surface area contributed by atoms with Gasteiger partial charge in [-0.3, -0.25) is 9.59 Å². The highest BCUT2D eigenvalue weighted by molar-refractivity contribution is 5.88. The summed E-state index contributed by atoms with van der Waals surface area (Å²) in [5.74, 6) is -1.79. The number of ether oxygens (including phenoxy) is 3. The molecule has 0 saturated carbocycles. The number of phenolic OH excluding ortho intramolecular Hbond substituents is 3. The number of aliphatic hydroxyl groups excluding tert-OH is 1. The highest BCUT2D eigenvalue weighted by Crippen LogP contribution is 2.37. The van der Waals surface area contributed by atoms with Gasteiger partial charge in [-0.1, -0.05) is 0 Å². The summed E-state index contributed by atoms with van der Waals surface area (Å²) < 4.78 is 22.4. The van der Waals surface area contributed by atoms with Gasteiger partial charge in [-0.25, -0.2) is 0 Å². The van der Waals surface area contributed by atoms with Crippen molar-refractivity contribution in [3.63, 3.8) is 0 Å². The number of carbonyl (C=O) groups excluding carboxylic acids is 1. The molecule has 3 aromatic rings. The van der Waals surface area contributed by atoms with Gasteiger partial charge in [0.15, 0.2) is 5.76 Å². The molecule has 2 aromatic carbocycles. The van der Waals surface area contributed by atoms with E-state index in [-0.39, 0.29) is 40.4 Å². The van der Waals surface area contributed by atoms with Crippen LogP contribution in [-0.2, 0) is 14.3 Å². The highest BCUT2D eigenvalue weighted by atomic mass is 16.7. The summed E-state index contributed by atoms with van der Waals surface area (Å²) in [6, 6.07) is 7.86. The molecular weight excluding hydrogens is 436 g/mol. The van der Waals surface area contributed by atoms with E-state index in [1.54, 1.807) is 6.92 Å². The Bertz CT molecular complexity index is 1250. The van der Waals surface area contributed by atoms with Crippen LogP contribution in [0.4, 0.5) is 0 Å². The lowest BCUT2D eigenvalue weighted by molar-refractivity contribution is -0.235. The Labute approximate surface area is 187 Å². The van der Waals surface area contributed by atoms with Crippen LogP contribution in [-0.4, -0.2) is 51.0 Å². The van der Waals surface area contributed by atoms with Gasteiger partial charge in [-0.15, -0.1) is 0 Å². The molecule has 1 aromatic heterocycles. The van der Waals surface area contributed by atoms with Crippen molar-refractivity contribution >= 4 is 16.9 Å². The minimum Gasteiger partial charge on any atom is -0.508 e. The minimum absolute atomic E-state index is 0.0119. The number of rotatable bonds is 4. The van der Waals surface area contributed by atoms with Crippen molar-refractivity contribution in [2.24, 2.45) is 0 Å². The number of benzene rings is 2. The zero-order chi connectivity index (χ0) is 23.9. The number of esters is 1. The maximum absolute atomic E-state index is 13.3. The molecule has 174 valence electrons. The van der Waals surface area contributed by atoms with Gasteiger partial charge in [0.2, 0.25) is 17.5 Å². The molecule has 0 spiro atoms. The SMILES string of the molecule is CC(=O)OC1C[C@@H](O)C(Oc2c(-c3ccc(O)cc3)oc3cc(O)cc(O)c3c2=O)O[C@H]1C.